The molecule has 0 aromatic carbocycles. The van der Waals surface area contributed by atoms with E-state index in [4.69, 9.17) is 14.2 Å². The molecule has 2 saturated heterocycles. The maximum Gasteiger partial charge on any atom is 0.231 e. The highest BCUT2D eigenvalue weighted by atomic mass is 16.5. The average Bonchev–Trinajstić information content (AvgIpc) is 3.53. The van der Waals surface area contributed by atoms with E-state index in [-0.39, 0.29) is 23.7 Å². The van der Waals surface area contributed by atoms with Crippen LogP contribution in [0.4, 0.5) is 0 Å². The van der Waals surface area contributed by atoms with Gasteiger partial charge < -0.3 is 19.1 Å². The first kappa shape index (κ1) is 22.0. The number of ether oxygens (including phenoxy) is 3. The van der Waals surface area contributed by atoms with Crippen LogP contribution in [-0.4, -0.2) is 61.0 Å². The van der Waals surface area contributed by atoms with E-state index in [0.29, 0.717) is 36.8 Å². The first-order valence-corrected chi connectivity index (χ1v) is 13.1. The zero-order chi connectivity index (χ0) is 22.6. The van der Waals surface area contributed by atoms with Gasteiger partial charge in [0, 0.05) is 45.1 Å². The molecule has 4 fully saturated rings. The van der Waals surface area contributed by atoms with E-state index in [2.05, 4.69) is 22.9 Å². The molecule has 6 nitrogen and oxygen atoms in total. The Morgan fingerprint density at radius 2 is 2.18 bits per heavy atom. The molecule has 6 rings (SSSR count). The number of methoxy groups -OCH3 is 1. The van der Waals surface area contributed by atoms with Crippen LogP contribution in [0.25, 0.3) is 0 Å². The number of nitrogens with zero attached hydrogens (tertiary/aromatic N) is 2. The molecule has 6 atom stereocenters. The van der Waals surface area contributed by atoms with Crippen LogP contribution in [0, 0.1) is 30.1 Å². The molecule has 1 aromatic rings. The van der Waals surface area contributed by atoms with Crippen molar-refractivity contribution in [2.75, 3.05) is 26.9 Å². The summed E-state index contributed by atoms with van der Waals surface area (Å²) >= 11 is 0. The summed E-state index contributed by atoms with van der Waals surface area (Å²) in [5.74, 6) is 2.08. The van der Waals surface area contributed by atoms with Gasteiger partial charge in [-0.05, 0) is 80.8 Å². The predicted molar refractivity (Wildman–Crippen MR) is 124 cm³/mol. The number of carbonyl (C=O) groups is 1. The molecule has 6 heteroatoms. The molecule has 2 aliphatic carbocycles. The molecule has 1 aromatic heterocycles. The van der Waals surface area contributed by atoms with Gasteiger partial charge in [-0.15, -0.1) is 0 Å². The highest BCUT2D eigenvalue weighted by Gasteiger charge is 2.62. The van der Waals surface area contributed by atoms with Crippen molar-refractivity contribution in [3.05, 3.63) is 29.1 Å². The SMILES string of the molecule is COC1COCCC1C[C@@H]1C[C@H]2OC(C3CC3)C[C@@]2(C(=O)N2CCc3ncc(C)cc3C2)C1. The van der Waals surface area contributed by atoms with Crippen molar-refractivity contribution >= 4 is 5.91 Å². The molecule has 33 heavy (non-hydrogen) atoms. The molecular formula is C27H38N2O4. The zero-order valence-electron chi connectivity index (χ0n) is 20.1. The van der Waals surface area contributed by atoms with Crippen LogP contribution in [0.1, 0.15) is 61.8 Å². The largest absolute Gasteiger partial charge is 0.379 e. The van der Waals surface area contributed by atoms with E-state index in [1.54, 1.807) is 7.11 Å². The molecule has 5 aliphatic rings. The lowest BCUT2D eigenvalue weighted by molar-refractivity contribution is -0.145. The van der Waals surface area contributed by atoms with Gasteiger partial charge in [0.15, 0.2) is 0 Å². The summed E-state index contributed by atoms with van der Waals surface area (Å²) in [6.07, 6.45) is 11.0. The van der Waals surface area contributed by atoms with E-state index in [0.717, 1.165) is 57.4 Å². The fourth-order valence-corrected chi connectivity index (χ4v) is 7.26. The molecule has 0 spiro atoms. The Balaban J connectivity index is 1.21. The van der Waals surface area contributed by atoms with Crippen molar-refractivity contribution in [1.29, 1.82) is 0 Å². The minimum atomic E-state index is -0.333. The number of aromatic nitrogens is 1. The topological polar surface area (TPSA) is 60.9 Å². The standard InChI is InChI=1S/C27H38N2O4/c1-17-9-21-15-29(7-5-22(21)28-14-17)26(30)27-12-18(10-20-6-8-32-16-24(20)31-2)11-25(27)33-23(13-27)19-3-4-19/h9,14,18-20,23-25H,3-8,10-13,15-16H2,1-2H3/t18-,20?,23?,24?,25-,27+/m1/s1. The lowest BCUT2D eigenvalue weighted by Gasteiger charge is -2.37. The minimum absolute atomic E-state index is 0.0819. The van der Waals surface area contributed by atoms with E-state index in [1.807, 2.05) is 6.20 Å². The second kappa shape index (κ2) is 8.62. The molecule has 0 N–H and O–H groups in total. The summed E-state index contributed by atoms with van der Waals surface area (Å²) in [5, 5.41) is 0. The maximum atomic E-state index is 14.2. The van der Waals surface area contributed by atoms with Crippen LogP contribution in [0.2, 0.25) is 0 Å². The fraction of sp³-hybridized carbons (Fsp3) is 0.778. The van der Waals surface area contributed by atoms with Crippen LogP contribution in [0.5, 0.6) is 0 Å². The van der Waals surface area contributed by atoms with Gasteiger partial charge in [0.2, 0.25) is 5.91 Å². The van der Waals surface area contributed by atoms with Crippen molar-refractivity contribution < 1.29 is 19.0 Å². The van der Waals surface area contributed by atoms with Crippen molar-refractivity contribution in [3.63, 3.8) is 0 Å². The number of hydrogen-bond acceptors (Lipinski definition) is 5. The highest BCUT2D eigenvalue weighted by molar-refractivity contribution is 5.84. The molecule has 3 unspecified atom stereocenters. The molecule has 0 bridgehead atoms. The fourth-order valence-electron chi connectivity index (χ4n) is 7.26. The van der Waals surface area contributed by atoms with Crippen molar-refractivity contribution in [3.8, 4) is 0 Å². The quantitative estimate of drug-likeness (QED) is 0.679. The number of aryl methyl sites for hydroxylation is 1. The Bertz CT molecular complexity index is 902. The third kappa shape index (κ3) is 4.02. The van der Waals surface area contributed by atoms with Crippen LogP contribution >= 0.6 is 0 Å². The van der Waals surface area contributed by atoms with Crippen molar-refractivity contribution in [1.82, 2.24) is 9.88 Å². The first-order chi connectivity index (χ1) is 16.1. The molecule has 0 radical (unpaired) electrons. The summed E-state index contributed by atoms with van der Waals surface area (Å²) in [6.45, 7) is 5.08. The van der Waals surface area contributed by atoms with E-state index < -0.39 is 0 Å². The maximum absolute atomic E-state index is 14.2. The Kier molecular flexibility index (Phi) is 5.74. The van der Waals surface area contributed by atoms with Gasteiger partial charge >= 0.3 is 0 Å². The van der Waals surface area contributed by atoms with Crippen LogP contribution in [-0.2, 0) is 32.0 Å². The Hall–Kier alpha value is -1.50. The lowest BCUT2D eigenvalue weighted by Crippen LogP contribution is -2.48. The lowest BCUT2D eigenvalue weighted by atomic mass is 9.76. The number of pyridine rings is 1. The van der Waals surface area contributed by atoms with Crippen LogP contribution < -0.4 is 0 Å². The van der Waals surface area contributed by atoms with Gasteiger partial charge in [-0.25, -0.2) is 0 Å². The predicted octanol–water partition coefficient (Wildman–Crippen LogP) is 3.68. The minimum Gasteiger partial charge on any atom is -0.379 e. The second-order valence-corrected chi connectivity index (χ2v) is 11.4. The first-order valence-electron chi connectivity index (χ1n) is 13.1. The van der Waals surface area contributed by atoms with Crippen molar-refractivity contribution in [2.45, 2.75) is 83.1 Å². The Labute approximate surface area is 197 Å². The number of carbonyl (C=O) groups excluding carboxylic acids is 1. The van der Waals surface area contributed by atoms with Gasteiger partial charge in [-0.1, -0.05) is 6.07 Å². The smallest absolute Gasteiger partial charge is 0.231 e. The second-order valence-electron chi connectivity index (χ2n) is 11.4. The molecule has 2 saturated carbocycles. The van der Waals surface area contributed by atoms with Crippen LogP contribution in [0.15, 0.2) is 12.3 Å². The van der Waals surface area contributed by atoms with Crippen molar-refractivity contribution in [2.24, 2.45) is 23.2 Å². The van der Waals surface area contributed by atoms with Gasteiger partial charge in [0.05, 0.1) is 30.3 Å². The third-order valence-electron chi connectivity index (χ3n) is 9.14. The van der Waals surface area contributed by atoms with Gasteiger partial charge in [-0.2, -0.15) is 0 Å². The van der Waals surface area contributed by atoms with Gasteiger partial charge in [0.25, 0.3) is 0 Å². The monoisotopic (exact) mass is 454 g/mol. The number of amides is 1. The third-order valence-corrected chi connectivity index (χ3v) is 9.14. The Morgan fingerprint density at radius 3 is 3.00 bits per heavy atom. The van der Waals surface area contributed by atoms with E-state index in [1.165, 1.54) is 24.0 Å². The zero-order valence-corrected chi connectivity index (χ0v) is 20.1. The van der Waals surface area contributed by atoms with Gasteiger partial charge in [-0.3, -0.25) is 9.78 Å². The van der Waals surface area contributed by atoms with Gasteiger partial charge in [0.1, 0.15) is 0 Å². The number of hydrogen-bond donors (Lipinski definition) is 0. The summed E-state index contributed by atoms with van der Waals surface area (Å²) in [6, 6.07) is 2.21. The molecule has 180 valence electrons. The van der Waals surface area contributed by atoms with Crippen LogP contribution in [0.3, 0.4) is 0 Å². The molecule has 1 amide bonds. The number of fused-ring (bicyclic) bond motifs is 2. The van der Waals surface area contributed by atoms with E-state index in [9.17, 15) is 4.79 Å². The Morgan fingerprint density at radius 1 is 1.30 bits per heavy atom. The molecular weight excluding hydrogens is 416 g/mol. The molecule has 3 aliphatic heterocycles. The summed E-state index contributed by atoms with van der Waals surface area (Å²) < 4.78 is 18.1. The normalized spacial score (nSPS) is 38.2. The van der Waals surface area contributed by atoms with E-state index >= 15 is 0 Å². The summed E-state index contributed by atoms with van der Waals surface area (Å²) in [5.41, 5.74) is 3.22. The molecule has 4 heterocycles. The summed E-state index contributed by atoms with van der Waals surface area (Å²) in [4.78, 5) is 21.0. The average molecular weight is 455 g/mol. The number of rotatable bonds is 5. The summed E-state index contributed by atoms with van der Waals surface area (Å²) in [7, 11) is 1.80. The highest BCUT2D eigenvalue weighted by Crippen LogP contribution is 2.58.